The standard InChI is InChI=1S/C12H20BrN3O/c1-4-16(7-5-6-13)11-8-14-9-12(15-11)17-10(2)3/h8-10H,4-7H2,1-3H3. The Labute approximate surface area is 112 Å². The third kappa shape index (κ3) is 4.89. The van der Waals surface area contributed by atoms with Gasteiger partial charge in [0, 0.05) is 18.4 Å². The molecule has 4 nitrogen and oxygen atoms in total. The topological polar surface area (TPSA) is 38.2 Å². The average molecular weight is 302 g/mol. The van der Waals surface area contributed by atoms with E-state index in [1.54, 1.807) is 12.4 Å². The van der Waals surface area contributed by atoms with E-state index >= 15 is 0 Å². The van der Waals surface area contributed by atoms with Gasteiger partial charge in [0.25, 0.3) is 0 Å². The number of hydrogen-bond donors (Lipinski definition) is 0. The molecule has 1 heterocycles. The van der Waals surface area contributed by atoms with Crippen LogP contribution in [-0.4, -0.2) is 34.5 Å². The summed E-state index contributed by atoms with van der Waals surface area (Å²) in [5.74, 6) is 1.47. The van der Waals surface area contributed by atoms with Crippen molar-refractivity contribution in [2.75, 3.05) is 23.3 Å². The van der Waals surface area contributed by atoms with Crippen molar-refractivity contribution in [3.63, 3.8) is 0 Å². The second kappa shape index (κ2) is 7.48. The lowest BCUT2D eigenvalue weighted by molar-refractivity contribution is 0.231. The van der Waals surface area contributed by atoms with Gasteiger partial charge in [0.2, 0.25) is 5.88 Å². The van der Waals surface area contributed by atoms with Gasteiger partial charge in [0.1, 0.15) is 0 Å². The fraction of sp³-hybridized carbons (Fsp3) is 0.667. The SMILES string of the molecule is CCN(CCCBr)c1cncc(OC(C)C)n1. The molecule has 0 bridgehead atoms. The molecule has 0 saturated carbocycles. The van der Waals surface area contributed by atoms with Crippen molar-refractivity contribution < 1.29 is 4.74 Å². The number of aromatic nitrogens is 2. The van der Waals surface area contributed by atoms with Gasteiger partial charge in [-0.3, -0.25) is 4.98 Å². The predicted octanol–water partition coefficient (Wildman–Crippen LogP) is 2.88. The zero-order valence-corrected chi connectivity index (χ0v) is 12.3. The molecule has 1 aromatic heterocycles. The lowest BCUT2D eigenvalue weighted by atomic mass is 10.4. The zero-order chi connectivity index (χ0) is 12.7. The molecule has 0 aliphatic rings. The lowest BCUT2D eigenvalue weighted by Gasteiger charge is -2.21. The highest BCUT2D eigenvalue weighted by molar-refractivity contribution is 9.09. The minimum Gasteiger partial charge on any atom is -0.474 e. The Kier molecular flexibility index (Phi) is 6.26. The maximum Gasteiger partial charge on any atom is 0.234 e. The Morgan fingerprint density at radius 3 is 2.76 bits per heavy atom. The van der Waals surface area contributed by atoms with Crippen LogP contribution in [0.3, 0.4) is 0 Å². The molecule has 0 atom stereocenters. The third-order valence-electron chi connectivity index (χ3n) is 2.22. The maximum absolute atomic E-state index is 5.54. The fourth-order valence-corrected chi connectivity index (χ4v) is 1.73. The summed E-state index contributed by atoms with van der Waals surface area (Å²) in [6, 6.07) is 0. The van der Waals surface area contributed by atoms with Crippen molar-refractivity contribution in [1.29, 1.82) is 0 Å². The molecule has 0 radical (unpaired) electrons. The molecule has 0 fully saturated rings. The van der Waals surface area contributed by atoms with Crippen LogP contribution in [0.5, 0.6) is 5.88 Å². The van der Waals surface area contributed by atoms with Crippen molar-refractivity contribution >= 4 is 21.7 Å². The molecule has 5 heteroatoms. The van der Waals surface area contributed by atoms with Crippen LogP contribution >= 0.6 is 15.9 Å². The summed E-state index contributed by atoms with van der Waals surface area (Å²) in [5, 5.41) is 0.999. The van der Waals surface area contributed by atoms with Crippen LogP contribution in [0.1, 0.15) is 27.2 Å². The van der Waals surface area contributed by atoms with Crippen molar-refractivity contribution in [2.45, 2.75) is 33.3 Å². The second-order valence-corrected chi connectivity index (χ2v) is 4.80. The smallest absolute Gasteiger partial charge is 0.234 e. The molecule has 0 aliphatic carbocycles. The van der Waals surface area contributed by atoms with Crippen molar-refractivity contribution in [1.82, 2.24) is 9.97 Å². The fourth-order valence-electron chi connectivity index (χ4n) is 1.47. The third-order valence-corrected chi connectivity index (χ3v) is 2.78. The average Bonchev–Trinajstić information content (AvgIpc) is 2.30. The van der Waals surface area contributed by atoms with Crippen molar-refractivity contribution in [2.24, 2.45) is 0 Å². The van der Waals surface area contributed by atoms with Gasteiger partial charge in [-0.2, -0.15) is 4.98 Å². The van der Waals surface area contributed by atoms with Crippen LogP contribution in [0.25, 0.3) is 0 Å². The first-order valence-electron chi connectivity index (χ1n) is 5.97. The van der Waals surface area contributed by atoms with Crippen LogP contribution in [0.2, 0.25) is 0 Å². The summed E-state index contributed by atoms with van der Waals surface area (Å²) in [7, 11) is 0. The van der Waals surface area contributed by atoms with E-state index in [9.17, 15) is 0 Å². The minimum absolute atomic E-state index is 0.122. The molecule has 96 valence electrons. The van der Waals surface area contributed by atoms with Gasteiger partial charge in [-0.05, 0) is 27.2 Å². The molecule has 1 aromatic rings. The molecule has 0 spiro atoms. The van der Waals surface area contributed by atoms with E-state index in [1.165, 1.54) is 0 Å². The largest absolute Gasteiger partial charge is 0.474 e. The normalized spacial score (nSPS) is 10.6. The van der Waals surface area contributed by atoms with Gasteiger partial charge >= 0.3 is 0 Å². The van der Waals surface area contributed by atoms with Crippen LogP contribution < -0.4 is 9.64 Å². The van der Waals surface area contributed by atoms with Gasteiger partial charge in [-0.25, -0.2) is 0 Å². The van der Waals surface area contributed by atoms with E-state index < -0.39 is 0 Å². The van der Waals surface area contributed by atoms with Crippen molar-refractivity contribution in [3.05, 3.63) is 12.4 Å². The first kappa shape index (κ1) is 14.2. The minimum atomic E-state index is 0.122. The molecular weight excluding hydrogens is 282 g/mol. The van der Waals surface area contributed by atoms with E-state index in [1.807, 2.05) is 13.8 Å². The second-order valence-electron chi connectivity index (χ2n) is 4.00. The van der Waals surface area contributed by atoms with E-state index in [0.29, 0.717) is 5.88 Å². The molecule has 0 aliphatic heterocycles. The monoisotopic (exact) mass is 301 g/mol. The van der Waals surface area contributed by atoms with E-state index in [0.717, 1.165) is 30.7 Å². The molecule has 17 heavy (non-hydrogen) atoms. The summed E-state index contributed by atoms with van der Waals surface area (Å²) in [6.45, 7) is 7.98. The summed E-state index contributed by atoms with van der Waals surface area (Å²) >= 11 is 3.44. The van der Waals surface area contributed by atoms with Crippen LogP contribution in [0, 0.1) is 0 Å². The van der Waals surface area contributed by atoms with Crippen LogP contribution in [0.4, 0.5) is 5.82 Å². The van der Waals surface area contributed by atoms with Crippen molar-refractivity contribution in [3.8, 4) is 5.88 Å². The number of halogens is 1. The molecule has 0 saturated heterocycles. The van der Waals surface area contributed by atoms with Crippen LogP contribution in [0.15, 0.2) is 12.4 Å². The highest BCUT2D eigenvalue weighted by Gasteiger charge is 2.08. The Morgan fingerprint density at radius 2 is 2.18 bits per heavy atom. The molecule has 0 unspecified atom stereocenters. The highest BCUT2D eigenvalue weighted by atomic mass is 79.9. The first-order chi connectivity index (χ1) is 8.17. The number of anilines is 1. The molecule has 0 aromatic carbocycles. The molecular formula is C12H20BrN3O. The maximum atomic E-state index is 5.54. The van der Waals surface area contributed by atoms with Crippen LogP contribution in [-0.2, 0) is 0 Å². The number of rotatable bonds is 7. The molecule has 0 amide bonds. The lowest BCUT2D eigenvalue weighted by Crippen LogP contribution is -2.25. The number of ether oxygens (including phenoxy) is 1. The summed E-state index contributed by atoms with van der Waals surface area (Å²) in [4.78, 5) is 10.8. The quantitative estimate of drug-likeness (QED) is 0.726. The van der Waals surface area contributed by atoms with E-state index in [2.05, 4.69) is 37.7 Å². The zero-order valence-electron chi connectivity index (χ0n) is 10.7. The summed E-state index contributed by atoms with van der Waals surface area (Å²) in [5.41, 5.74) is 0. The Hall–Kier alpha value is -0.840. The van der Waals surface area contributed by atoms with Gasteiger partial charge in [-0.1, -0.05) is 15.9 Å². The number of nitrogens with zero attached hydrogens (tertiary/aromatic N) is 3. The highest BCUT2D eigenvalue weighted by Crippen LogP contribution is 2.15. The number of hydrogen-bond acceptors (Lipinski definition) is 4. The predicted molar refractivity (Wildman–Crippen MR) is 74.1 cm³/mol. The van der Waals surface area contributed by atoms with E-state index in [-0.39, 0.29) is 6.10 Å². The first-order valence-corrected chi connectivity index (χ1v) is 7.09. The van der Waals surface area contributed by atoms with Gasteiger partial charge in [0.05, 0.1) is 18.5 Å². The van der Waals surface area contributed by atoms with Gasteiger partial charge in [-0.15, -0.1) is 0 Å². The summed E-state index contributed by atoms with van der Waals surface area (Å²) < 4.78 is 5.54. The molecule has 1 rings (SSSR count). The summed E-state index contributed by atoms with van der Waals surface area (Å²) in [6.07, 6.45) is 4.65. The van der Waals surface area contributed by atoms with E-state index in [4.69, 9.17) is 4.74 Å². The number of alkyl halides is 1. The Bertz CT molecular complexity index is 333. The molecule has 0 N–H and O–H groups in total. The van der Waals surface area contributed by atoms with Gasteiger partial charge in [0.15, 0.2) is 5.82 Å². The Morgan fingerprint density at radius 1 is 1.41 bits per heavy atom. The van der Waals surface area contributed by atoms with Gasteiger partial charge < -0.3 is 9.64 Å². The Balaban J connectivity index is 2.73.